The van der Waals surface area contributed by atoms with Crippen LogP contribution in [0.1, 0.15) is 37.6 Å². The van der Waals surface area contributed by atoms with Gasteiger partial charge in [-0.15, -0.1) is 0 Å². The molecule has 1 aromatic carbocycles. The minimum atomic E-state index is -0.583. The summed E-state index contributed by atoms with van der Waals surface area (Å²) in [4.78, 5) is 40.3. The van der Waals surface area contributed by atoms with Gasteiger partial charge < -0.3 is 20.1 Å². The largest absolute Gasteiger partial charge is 0.466 e. The second-order valence-electron chi connectivity index (χ2n) is 7.92. The van der Waals surface area contributed by atoms with Crippen molar-refractivity contribution in [3.63, 3.8) is 0 Å². The lowest BCUT2D eigenvalue weighted by Crippen LogP contribution is -2.38. The van der Waals surface area contributed by atoms with E-state index in [0.29, 0.717) is 44.6 Å². The van der Waals surface area contributed by atoms with E-state index in [4.69, 9.17) is 15.2 Å². The van der Waals surface area contributed by atoms with E-state index in [9.17, 15) is 14.4 Å². The number of H-pyrrole nitrogens is 1. The number of likely N-dealkylation sites (tertiary alicyclic amines) is 1. The Morgan fingerprint density at radius 1 is 1.25 bits per heavy atom. The second-order valence-corrected chi connectivity index (χ2v) is 7.92. The number of nitrogens with one attached hydrogen (secondary N) is 1. The van der Waals surface area contributed by atoms with Crippen LogP contribution in [0.2, 0.25) is 0 Å². The molecule has 1 unspecified atom stereocenters. The number of carbonyl (C=O) groups excluding carboxylic acids is 2. The number of hydrogen-bond donors (Lipinski definition) is 2. The number of rotatable bonds is 10. The summed E-state index contributed by atoms with van der Waals surface area (Å²) in [5.74, 6) is -1.05. The van der Waals surface area contributed by atoms with E-state index in [1.54, 1.807) is 11.8 Å². The lowest BCUT2D eigenvalue weighted by molar-refractivity contribution is -0.150. The van der Waals surface area contributed by atoms with Crippen LogP contribution < -0.4 is 11.5 Å². The number of nitrogens with two attached hydrogens (primary N) is 1. The number of amides is 1. The van der Waals surface area contributed by atoms with Crippen LogP contribution in [-0.4, -0.2) is 52.8 Å². The highest BCUT2D eigenvalue weighted by atomic mass is 16.6. The molecule has 0 bridgehead atoms. The quantitative estimate of drug-likeness (QED) is 0.416. The van der Waals surface area contributed by atoms with E-state index < -0.39 is 17.8 Å². The first-order chi connectivity index (χ1) is 15.5. The number of unbranched alkanes of at least 4 members (excludes halogenated alkanes) is 1. The summed E-state index contributed by atoms with van der Waals surface area (Å²) in [7, 11) is 0. The Labute approximate surface area is 186 Å². The molecule has 2 heterocycles. The molecule has 3 rings (SSSR count). The predicted molar refractivity (Wildman–Crippen MR) is 114 cm³/mol. The third-order valence-corrected chi connectivity index (χ3v) is 5.65. The Hall–Kier alpha value is -3.14. The molecule has 2 aromatic rings. The van der Waals surface area contributed by atoms with Crippen molar-refractivity contribution in [3.8, 4) is 0 Å². The topological polar surface area (TPSA) is 141 Å². The molecule has 1 aromatic heterocycles. The zero-order valence-corrected chi connectivity index (χ0v) is 18.2. The van der Waals surface area contributed by atoms with Gasteiger partial charge in [-0.2, -0.15) is 0 Å². The maximum atomic E-state index is 12.6. The normalized spacial score (nSPS) is 19.0. The van der Waals surface area contributed by atoms with E-state index in [2.05, 4.69) is 14.7 Å². The number of benzene rings is 1. The highest BCUT2D eigenvalue weighted by molar-refractivity contribution is 5.74. The van der Waals surface area contributed by atoms with Gasteiger partial charge in [-0.1, -0.05) is 41.9 Å². The molecule has 0 saturated carbocycles. The Kier molecular flexibility index (Phi) is 8.43. The molecule has 0 aliphatic carbocycles. The van der Waals surface area contributed by atoms with Crippen molar-refractivity contribution in [1.82, 2.24) is 15.0 Å². The van der Waals surface area contributed by atoms with Crippen LogP contribution in [0, 0.1) is 11.8 Å². The summed E-state index contributed by atoms with van der Waals surface area (Å²) in [6.45, 7) is 2.89. The Bertz CT molecular complexity index is 928. The molecule has 10 nitrogen and oxygen atoms in total. The van der Waals surface area contributed by atoms with Crippen LogP contribution in [0.15, 0.2) is 39.6 Å². The van der Waals surface area contributed by atoms with Crippen LogP contribution in [-0.2, 0) is 27.3 Å². The number of aromatic nitrogens is 2. The van der Waals surface area contributed by atoms with Gasteiger partial charge in [0.15, 0.2) is 5.82 Å². The SMILES string of the molecule is CCOC(=O)C(CCCCc1noc(=O)[nH]1)[C@H]1CN(C(=O)OCc2ccccc2)C[C@@H]1N. The molecule has 0 radical (unpaired) electrons. The standard InChI is InChI=1S/C22H30N4O6/c1-2-30-20(27)16(10-6-7-11-19-24-21(28)32-25-19)17-12-26(13-18(17)23)22(29)31-14-15-8-4-3-5-9-15/h3-5,8-9,16-18H,2,6-7,10-14,23H2,1H3,(H,24,25,28)/t16?,17-,18+/m1/s1. The van der Waals surface area contributed by atoms with E-state index in [1.165, 1.54) is 0 Å². The van der Waals surface area contributed by atoms with Crippen LogP contribution in [0.4, 0.5) is 4.79 Å². The predicted octanol–water partition coefficient (Wildman–Crippen LogP) is 1.85. The maximum Gasteiger partial charge on any atom is 0.438 e. The van der Waals surface area contributed by atoms with E-state index in [0.717, 1.165) is 5.56 Å². The third kappa shape index (κ3) is 6.43. The molecule has 3 N–H and O–H groups in total. The van der Waals surface area contributed by atoms with Gasteiger partial charge in [-0.25, -0.2) is 9.59 Å². The fourth-order valence-electron chi connectivity index (χ4n) is 4.02. The molecular formula is C22H30N4O6. The summed E-state index contributed by atoms with van der Waals surface area (Å²) in [6.07, 6.45) is 2.08. The molecule has 1 saturated heterocycles. The first-order valence-electron chi connectivity index (χ1n) is 10.9. The summed E-state index contributed by atoms with van der Waals surface area (Å²) in [5.41, 5.74) is 7.23. The fourth-order valence-corrected chi connectivity index (χ4v) is 4.02. The van der Waals surface area contributed by atoms with Crippen LogP contribution in [0.5, 0.6) is 0 Å². The number of ether oxygens (including phenoxy) is 2. The monoisotopic (exact) mass is 446 g/mol. The van der Waals surface area contributed by atoms with E-state index in [-0.39, 0.29) is 31.1 Å². The smallest absolute Gasteiger partial charge is 0.438 e. The lowest BCUT2D eigenvalue weighted by Gasteiger charge is -2.24. The lowest BCUT2D eigenvalue weighted by atomic mass is 9.84. The van der Waals surface area contributed by atoms with Gasteiger partial charge in [0, 0.05) is 31.5 Å². The number of carbonyl (C=O) groups is 2. The van der Waals surface area contributed by atoms with Crippen LogP contribution >= 0.6 is 0 Å². The second kappa shape index (κ2) is 11.5. The summed E-state index contributed by atoms with van der Waals surface area (Å²) >= 11 is 0. The first kappa shape index (κ1) is 23.5. The first-order valence-corrected chi connectivity index (χ1v) is 10.9. The number of aromatic amines is 1. The molecule has 174 valence electrons. The van der Waals surface area contributed by atoms with Crippen molar-refractivity contribution >= 4 is 12.1 Å². The Morgan fingerprint density at radius 3 is 2.72 bits per heavy atom. The third-order valence-electron chi connectivity index (χ3n) is 5.65. The van der Waals surface area contributed by atoms with Crippen molar-refractivity contribution in [3.05, 3.63) is 52.3 Å². The molecule has 10 heteroatoms. The zero-order chi connectivity index (χ0) is 22.9. The van der Waals surface area contributed by atoms with Gasteiger partial charge in [0.1, 0.15) is 6.61 Å². The number of aryl methyl sites for hydroxylation is 1. The van der Waals surface area contributed by atoms with Gasteiger partial charge in [0.2, 0.25) is 0 Å². The van der Waals surface area contributed by atoms with Crippen molar-refractivity contribution < 1.29 is 23.6 Å². The minimum Gasteiger partial charge on any atom is -0.466 e. The molecular weight excluding hydrogens is 416 g/mol. The van der Waals surface area contributed by atoms with Crippen molar-refractivity contribution in [2.75, 3.05) is 19.7 Å². The minimum absolute atomic E-state index is 0.182. The number of hydrogen-bond acceptors (Lipinski definition) is 8. The zero-order valence-electron chi connectivity index (χ0n) is 18.2. The molecule has 1 fully saturated rings. The van der Waals surface area contributed by atoms with Gasteiger partial charge >= 0.3 is 17.8 Å². The van der Waals surface area contributed by atoms with Crippen molar-refractivity contribution in [1.29, 1.82) is 0 Å². The van der Waals surface area contributed by atoms with Crippen molar-refractivity contribution in [2.24, 2.45) is 17.6 Å². The summed E-state index contributed by atoms with van der Waals surface area (Å²) in [6, 6.07) is 9.09. The molecule has 3 atom stereocenters. The molecule has 0 spiro atoms. The number of esters is 1. The molecule has 1 aliphatic rings. The Morgan fingerprint density at radius 2 is 2.03 bits per heavy atom. The van der Waals surface area contributed by atoms with Gasteiger partial charge in [-0.3, -0.25) is 14.3 Å². The number of nitrogens with zero attached hydrogens (tertiary/aromatic N) is 2. The van der Waals surface area contributed by atoms with Gasteiger partial charge in [0.25, 0.3) is 0 Å². The summed E-state index contributed by atoms with van der Waals surface area (Å²) < 4.78 is 15.2. The average Bonchev–Trinajstić information content (AvgIpc) is 3.38. The van der Waals surface area contributed by atoms with Gasteiger partial charge in [-0.05, 0) is 25.3 Å². The maximum absolute atomic E-state index is 12.6. The molecule has 1 aliphatic heterocycles. The van der Waals surface area contributed by atoms with E-state index >= 15 is 0 Å². The van der Waals surface area contributed by atoms with Crippen LogP contribution in [0.3, 0.4) is 0 Å². The molecule has 1 amide bonds. The summed E-state index contributed by atoms with van der Waals surface area (Å²) in [5, 5.41) is 3.64. The fraction of sp³-hybridized carbons (Fsp3) is 0.545. The Balaban J connectivity index is 1.54. The molecule has 32 heavy (non-hydrogen) atoms. The highest BCUT2D eigenvalue weighted by Crippen LogP contribution is 2.29. The van der Waals surface area contributed by atoms with Crippen molar-refractivity contribution in [2.45, 2.75) is 45.3 Å². The van der Waals surface area contributed by atoms with Crippen LogP contribution in [0.25, 0.3) is 0 Å². The van der Waals surface area contributed by atoms with E-state index in [1.807, 2.05) is 30.3 Å². The highest BCUT2D eigenvalue weighted by Gasteiger charge is 2.41. The average molecular weight is 447 g/mol. The van der Waals surface area contributed by atoms with Gasteiger partial charge in [0.05, 0.1) is 12.5 Å².